The molecule has 5 heteroatoms. The number of methoxy groups -OCH3 is 1. The number of rotatable bonds is 8. The molecule has 2 fully saturated rings. The standard InChI is InChI=1S/C13H26N4O/c1-18-8-2-7-15-13(17-14)16-9-12(10-3-4-10)11-5-6-11/h10-12H,2-9,14H2,1H3,(H2,15,16,17). The predicted molar refractivity (Wildman–Crippen MR) is 73.1 cm³/mol. The molecule has 0 radical (unpaired) electrons. The second-order valence-corrected chi connectivity index (χ2v) is 5.45. The molecule has 0 unspecified atom stereocenters. The summed E-state index contributed by atoms with van der Waals surface area (Å²) in [7, 11) is 1.71. The lowest BCUT2D eigenvalue weighted by molar-refractivity contribution is 0.195. The maximum Gasteiger partial charge on any atom is 0.205 e. The van der Waals surface area contributed by atoms with Crippen LogP contribution in [0.5, 0.6) is 0 Å². The molecular formula is C13H26N4O. The molecule has 0 aliphatic heterocycles. The summed E-state index contributed by atoms with van der Waals surface area (Å²) in [6.45, 7) is 2.53. The van der Waals surface area contributed by atoms with E-state index in [4.69, 9.17) is 10.6 Å². The van der Waals surface area contributed by atoms with Crippen LogP contribution in [0.25, 0.3) is 0 Å². The van der Waals surface area contributed by atoms with Crippen LogP contribution in [0.3, 0.4) is 0 Å². The Bertz CT molecular complexity index is 262. The molecule has 0 spiro atoms. The molecule has 2 aliphatic carbocycles. The summed E-state index contributed by atoms with van der Waals surface area (Å²) >= 11 is 0. The minimum atomic E-state index is 0.720. The molecular weight excluding hydrogens is 228 g/mol. The van der Waals surface area contributed by atoms with Crippen LogP contribution < -0.4 is 16.6 Å². The van der Waals surface area contributed by atoms with E-state index in [1.807, 2.05) is 0 Å². The predicted octanol–water partition coefficient (Wildman–Crippen LogP) is 0.868. The first kappa shape index (κ1) is 13.6. The molecule has 0 aromatic heterocycles. The second kappa shape index (κ2) is 6.95. The fraction of sp³-hybridized carbons (Fsp3) is 0.923. The van der Waals surface area contributed by atoms with Gasteiger partial charge in [-0.15, -0.1) is 0 Å². The molecule has 0 amide bonds. The van der Waals surface area contributed by atoms with E-state index in [2.05, 4.69) is 15.7 Å². The van der Waals surface area contributed by atoms with Gasteiger partial charge in [-0.1, -0.05) is 0 Å². The zero-order valence-electron chi connectivity index (χ0n) is 11.3. The third kappa shape index (κ3) is 4.46. The number of nitrogens with one attached hydrogen (secondary N) is 2. The molecule has 18 heavy (non-hydrogen) atoms. The lowest BCUT2D eigenvalue weighted by Crippen LogP contribution is -2.42. The van der Waals surface area contributed by atoms with Gasteiger partial charge < -0.3 is 10.1 Å². The number of hydrazine groups is 1. The summed E-state index contributed by atoms with van der Waals surface area (Å²) in [6, 6.07) is 0. The molecule has 4 N–H and O–H groups in total. The Morgan fingerprint density at radius 1 is 1.33 bits per heavy atom. The Balaban J connectivity index is 1.70. The third-order valence-corrected chi connectivity index (χ3v) is 3.87. The summed E-state index contributed by atoms with van der Waals surface area (Å²) in [6.07, 6.45) is 6.59. The fourth-order valence-corrected chi connectivity index (χ4v) is 2.50. The number of hydrogen-bond donors (Lipinski definition) is 3. The lowest BCUT2D eigenvalue weighted by Gasteiger charge is -2.14. The van der Waals surface area contributed by atoms with Crippen LogP contribution in [-0.2, 0) is 4.74 Å². The summed E-state index contributed by atoms with van der Waals surface area (Å²) in [4.78, 5) is 4.59. The van der Waals surface area contributed by atoms with E-state index in [0.717, 1.165) is 49.8 Å². The van der Waals surface area contributed by atoms with Gasteiger partial charge >= 0.3 is 0 Å². The van der Waals surface area contributed by atoms with Gasteiger partial charge in [0.2, 0.25) is 5.96 Å². The first-order valence-corrected chi connectivity index (χ1v) is 7.09. The zero-order chi connectivity index (χ0) is 12.8. The number of hydrogen-bond acceptors (Lipinski definition) is 3. The van der Waals surface area contributed by atoms with Crippen LogP contribution in [0.15, 0.2) is 4.99 Å². The van der Waals surface area contributed by atoms with E-state index in [1.165, 1.54) is 25.7 Å². The summed E-state index contributed by atoms with van der Waals surface area (Å²) in [5.41, 5.74) is 2.65. The van der Waals surface area contributed by atoms with E-state index >= 15 is 0 Å². The quantitative estimate of drug-likeness (QED) is 0.198. The maximum atomic E-state index is 5.48. The van der Waals surface area contributed by atoms with Crippen LogP contribution in [0.4, 0.5) is 0 Å². The van der Waals surface area contributed by atoms with Gasteiger partial charge in [-0.3, -0.25) is 10.4 Å². The Labute approximate surface area is 110 Å². The van der Waals surface area contributed by atoms with Gasteiger partial charge in [0.1, 0.15) is 0 Å². The number of nitrogens with two attached hydrogens (primary N) is 1. The lowest BCUT2D eigenvalue weighted by atomic mass is 9.98. The molecule has 0 saturated heterocycles. The van der Waals surface area contributed by atoms with Crippen molar-refractivity contribution in [1.82, 2.24) is 10.7 Å². The zero-order valence-corrected chi connectivity index (χ0v) is 11.3. The Morgan fingerprint density at radius 3 is 2.50 bits per heavy atom. The average Bonchev–Trinajstić information content (AvgIpc) is 3.25. The van der Waals surface area contributed by atoms with Crippen molar-refractivity contribution >= 4 is 5.96 Å². The molecule has 5 nitrogen and oxygen atoms in total. The van der Waals surface area contributed by atoms with Crippen molar-refractivity contribution in [2.75, 3.05) is 26.8 Å². The molecule has 0 heterocycles. The highest BCUT2D eigenvalue weighted by molar-refractivity contribution is 5.79. The highest BCUT2D eigenvalue weighted by Gasteiger charge is 2.41. The van der Waals surface area contributed by atoms with Gasteiger partial charge in [-0.05, 0) is 49.9 Å². The van der Waals surface area contributed by atoms with Crippen molar-refractivity contribution in [1.29, 1.82) is 0 Å². The van der Waals surface area contributed by atoms with Gasteiger partial charge in [0.05, 0.1) is 0 Å². The minimum Gasteiger partial charge on any atom is -0.385 e. The molecule has 0 bridgehead atoms. The minimum absolute atomic E-state index is 0.720. The first-order chi connectivity index (χ1) is 8.85. The average molecular weight is 254 g/mol. The number of aliphatic imine (C=N–C) groups is 1. The highest BCUT2D eigenvalue weighted by Crippen LogP contribution is 2.49. The first-order valence-electron chi connectivity index (χ1n) is 7.09. The van der Waals surface area contributed by atoms with Crippen molar-refractivity contribution in [3.8, 4) is 0 Å². The topological polar surface area (TPSA) is 71.7 Å². The van der Waals surface area contributed by atoms with E-state index in [0.29, 0.717) is 0 Å². The van der Waals surface area contributed by atoms with Crippen molar-refractivity contribution in [2.24, 2.45) is 28.6 Å². The molecule has 2 aliphatic rings. The molecule has 104 valence electrons. The van der Waals surface area contributed by atoms with Crippen molar-refractivity contribution in [3.05, 3.63) is 0 Å². The van der Waals surface area contributed by atoms with Crippen molar-refractivity contribution < 1.29 is 4.74 Å². The monoisotopic (exact) mass is 254 g/mol. The van der Waals surface area contributed by atoms with E-state index in [9.17, 15) is 0 Å². The summed E-state index contributed by atoms with van der Waals surface area (Å²) in [5, 5.41) is 3.21. The SMILES string of the molecule is COCCCNC(=NCC(C1CC1)C1CC1)NN. The fourth-order valence-electron chi connectivity index (χ4n) is 2.50. The second-order valence-electron chi connectivity index (χ2n) is 5.45. The van der Waals surface area contributed by atoms with Crippen molar-refractivity contribution in [2.45, 2.75) is 32.1 Å². The van der Waals surface area contributed by atoms with Gasteiger partial charge in [-0.25, -0.2) is 5.84 Å². The van der Waals surface area contributed by atoms with Gasteiger partial charge in [-0.2, -0.15) is 0 Å². The largest absolute Gasteiger partial charge is 0.385 e. The van der Waals surface area contributed by atoms with Crippen LogP contribution >= 0.6 is 0 Å². The normalized spacial score (nSPS) is 20.3. The molecule has 2 rings (SSSR count). The molecule has 0 aromatic rings. The smallest absolute Gasteiger partial charge is 0.205 e. The number of guanidine groups is 1. The van der Waals surface area contributed by atoms with E-state index in [-0.39, 0.29) is 0 Å². The van der Waals surface area contributed by atoms with E-state index in [1.54, 1.807) is 7.11 Å². The summed E-state index contributed by atoms with van der Waals surface area (Å²) < 4.78 is 5.00. The van der Waals surface area contributed by atoms with Crippen LogP contribution in [-0.4, -0.2) is 32.8 Å². The van der Waals surface area contributed by atoms with Crippen LogP contribution in [0, 0.1) is 17.8 Å². The van der Waals surface area contributed by atoms with Crippen LogP contribution in [0.1, 0.15) is 32.1 Å². The molecule has 0 atom stereocenters. The highest BCUT2D eigenvalue weighted by atomic mass is 16.5. The number of nitrogens with zero attached hydrogens (tertiary/aromatic N) is 1. The van der Waals surface area contributed by atoms with Crippen LogP contribution in [0.2, 0.25) is 0 Å². The number of ether oxygens (including phenoxy) is 1. The van der Waals surface area contributed by atoms with E-state index < -0.39 is 0 Å². The Morgan fingerprint density at radius 2 is 2.00 bits per heavy atom. The van der Waals surface area contributed by atoms with Gasteiger partial charge in [0, 0.05) is 26.8 Å². The van der Waals surface area contributed by atoms with Crippen molar-refractivity contribution in [3.63, 3.8) is 0 Å². The molecule has 2 saturated carbocycles. The van der Waals surface area contributed by atoms with Gasteiger partial charge in [0.25, 0.3) is 0 Å². The Hall–Kier alpha value is -0.810. The van der Waals surface area contributed by atoms with Gasteiger partial charge in [0.15, 0.2) is 0 Å². The third-order valence-electron chi connectivity index (χ3n) is 3.87. The Kier molecular flexibility index (Phi) is 5.26. The maximum absolute atomic E-state index is 5.48. The summed E-state index contributed by atoms with van der Waals surface area (Å²) in [5.74, 6) is 8.88. The molecule has 0 aromatic carbocycles.